The van der Waals surface area contributed by atoms with Crippen LogP contribution in [0, 0.1) is 0 Å². The summed E-state index contributed by atoms with van der Waals surface area (Å²) in [6.07, 6.45) is 1.23. The Balaban J connectivity index is 1.82. The number of carbonyl (C=O) groups excluding carboxylic acids is 1. The first kappa shape index (κ1) is 13.4. The summed E-state index contributed by atoms with van der Waals surface area (Å²) in [6, 6.07) is 7.35. The Morgan fingerprint density at radius 1 is 1.44 bits per heavy atom. The first-order valence-corrected chi connectivity index (χ1v) is 6.78. The van der Waals surface area contributed by atoms with Gasteiger partial charge in [-0.15, -0.1) is 0 Å². The predicted octanol–water partition coefficient (Wildman–Crippen LogP) is 1.81. The molecule has 1 aromatic rings. The molecular weight excluding hydrogens is 298 g/mol. The van der Waals surface area contributed by atoms with E-state index < -0.39 is 6.10 Å². The zero-order valence-electron chi connectivity index (χ0n) is 10.0. The van der Waals surface area contributed by atoms with Crippen LogP contribution < -0.4 is 4.74 Å². The van der Waals surface area contributed by atoms with Gasteiger partial charge in [0.15, 0.2) is 6.61 Å². The van der Waals surface area contributed by atoms with Crippen molar-refractivity contribution >= 4 is 21.8 Å². The van der Waals surface area contributed by atoms with Gasteiger partial charge in [0.05, 0.1) is 6.10 Å². The number of aliphatic hydroxyl groups excluding tert-OH is 1. The van der Waals surface area contributed by atoms with Gasteiger partial charge in [-0.25, -0.2) is 0 Å². The molecule has 1 aliphatic heterocycles. The summed E-state index contributed by atoms with van der Waals surface area (Å²) in [6.45, 7) is 1.15. The number of benzene rings is 1. The third-order valence-corrected chi connectivity index (χ3v) is 3.45. The van der Waals surface area contributed by atoms with Crippen LogP contribution in [0.1, 0.15) is 12.8 Å². The lowest BCUT2D eigenvalue weighted by Crippen LogP contribution is -2.44. The minimum absolute atomic E-state index is 0.0222. The number of nitrogens with zero attached hydrogens (tertiary/aromatic N) is 1. The number of aliphatic hydroxyl groups is 1. The lowest BCUT2D eigenvalue weighted by Gasteiger charge is -2.29. The van der Waals surface area contributed by atoms with E-state index >= 15 is 0 Å². The van der Waals surface area contributed by atoms with Gasteiger partial charge in [0.25, 0.3) is 5.91 Å². The molecule has 0 aromatic heterocycles. The van der Waals surface area contributed by atoms with E-state index in [4.69, 9.17) is 4.74 Å². The molecular formula is C13H16BrNO3. The molecule has 1 N–H and O–H groups in total. The molecule has 0 spiro atoms. The fraction of sp³-hybridized carbons (Fsp3) is 0.462. The highest BCUT2D eigenvalue weighted by Crippen LogP contribution is 2.16. The SMILES string of the molecule is O=C(COc1ccc(Br)cc1)N1CCCC(O)C1. The van der Waals surface area contributed by atoms with Crippen LogP contribution in [0.4, 0.5) is 0 Å². The van der Waals surface area contributed by atoms with Gasteiger partial charge in [-0.3, -0.25) is 4.79 Å². The van der Waals surface area contributed by atoms with E-state index in [0.717, 1.165) is 17.3 Å². The molecule has 1 unspecified atom stereocenters. The van der Waals surface area contributed by atoms with E-state index in [1.807, 2.05) is 24.3 Å². The number of amides is 1. The maximum atomic E-state index is 11.9. The topological polar surface area (TPSA) is 49.8 Å². The Labute approximate surface area is 115 Å². The number of piperidine rings is 1. The molecule has 1 fully saturated rings. The zero-order valence-corrected chi connectivity index (χ0v) is 11.6. The Morgan fingerprint density at radius 3 is 2.83 bits per heavy atom. The monoisotopic (exact) mass is 313 g/mol. The average molecular weight is 314 g/mol. The van der Waals surface area contributed by atoms with E-state index in [1.165, 1.54) is 0 Å². The number of β-amino-alcohol motifs (C(OH)–C–C–N with tert-alkyl or cyclic N) is 1. The summed E-state index contributed by atoms with van der Waals surface area (Å²) in [5.41, 5.74) is 0. The second kappa shape index (κ2) is 6.20. The molecule has 4 nitrogen and oxygen atoms in total. The summed E-state index contributed by atoms with van der Waals surface area (Å²) in [5, 5.41) is 9.50. The molecule has 5 heteroatoms. The van der Waals surface area contributed by atoms with Crippen molar-refractivity contribution in [2.45, 2.75) is 18.9 Å². The van der Waals surface area contributed by atoms with Crippen molar-refractivity contribution in [2.75, 3.05) is 19.7 Å². The number of rotatable bonds is 3. The molecule has 98 valence electrons. The van der Waals surface area contributed by atoms with Crippen molar-refractivity contribution in [3.8, 4) is 5.75 Å². The summed E-state index contributed by atoms with van der Waals surface area (Å²) in [7, 11) is 0. The van der Waals surface area contributed by atoms with Crippen LogP contribution >= 0.6 is 15.9 Å². The fourth-order valence-electron chi connectivity index (χ4n) is 1.95. The van der Waals surface area contributed by atoms with Gasteiger partial charge in [0.1, 0.15) is 5.75 Å². The molecule has 1 atom stereocenters. The van der Waals surface area contributed by atoms with Crippen molar-refractivity contribution in [3.63, 3.8) is 0 Å². The maximum absolute atomic E-state index is 11.9. The molecule has 1 amide bonds. The van der Waals surface area contributed by atoms with Crippen LogP contribution in [0.3, 0.4) is 0 Å². The summed E-state index contributed by atoms with van der Waals surface area (Å²) >= 11 is 3.34. The van der Waals surface area contributed by atoms with Gasteiger partial charge >= 0.3 is 0 Å². The Bertz CT molecular complexity index is 407. The van der Waals surface area contributed by atoms with E-state index in [0.29, 0.717) is 18.8 Å². The quantitative estimate of drug-likeness (QED) is 0.926. The molecule has 2 rings (SSSR count). The van der Waals surface area contributed by atoms with Crippen molar-refractivity contribution < 1.29 is 14.6 Å². The minimum Gasteiger partial charge on any atom is -0.484 e. The van der Waals surface area contributed by atoms with E-state index in [1.54, 1.807) is 4.90 Å². The second-order valence-corrected chi connectivity index (χ2v) is 5.29. The van der Waals surface area contributed by atoms with E-state index in [9.17, 15) is 9.90 Å². The number of likely N-dealkylation sites (tertiary alicyclic amines) is 1. The largest absolute Gasteiger partial charge is 0.484 e. The van der Waals surface area contributed by atoms with Gasteiger partial charge in [-0.1, -0.05) is 15.9 Å². The molecule has 18 heavy (non-hydrogen) atoms. The predicted molar refractivity (Wildman–Crippen MR) is 71.5 cm³/mol. The van der Waals surface area contributed by atoms with E-state index in [-0.39, 0.29) is 12.5 Å². The second-order valence-electron chi connectivity index (χ2n) is 4.38. The molecule has 0 radical (unpaired) electrons. The van der Waals surface area contributed by atoms with Crippen LogP contribution in [-0.2, 0) is 4.79 Å². The van der Waals surface area contributed by atoms with Crippen LogP contribution in [0.5, 0.6) is 5.75 Å². The fourth-order valence-corrected chi connectivity index (χ4v) is 2.21. The maximum Gasteiger partial charge on any atom is 0.260 e. The molecule has 1 aromatic carbocycles. The van der Waals surface area contributed by atoms with E-state index in [2.05, 4.69) is 15.9 Å². The summed E-state index contributed by atoms with van der Waals surface area (Å²) < 4.78 is 6.39. The van der Waals surface area contributed by atoms with Crippen LogP contribution in [-0.4, -0.2) is 41.7 Å². The minimum atomic E-state index is -0.393. The number of carbonyl (C=O) groups is 1. The highest BCUT2D eigenvalue weighted by Gasteiger charge is 2.22. The zero-order chi connectivity index (χ0) is 13.0. The Kier molecular flexibility index (Phi) is 4.60. The highest BCUT2D eigenvalue weighted by atomic mass is 79.9. The van der Waals surface area contributed by atoms with Gasteiger partial charge in [-0.05, 0) is 37.1 Å². The van der Waals surface area contributed by atoms with Crippen LogP contribution in [0.25, 0.3) is 0 Å². The normalized spacial score (nSPS) is 19.7. The highest BCUT2D eigenvalue weighted by molar-refractivity contribution is 9.10. The van der Waals surface area contributed by atoms with Crippen molar-refractivity contribution in [3.05, 3.63) is 28.7 Å². The first-order valence-electron chi connectivity index (χ1n) is 5.99. The van der Waals surface area contributed by atoms with Crippen molar-refractivity contribution in [2.24, 2.45) is 0 Å². The first-order chi connectivity index (χ1) is 8.65. The summed E-state index contributed by atoms with van der Waals surface area (Å²) in [4.78, 5) is 13.5. The Hall–Kier alpha value is -1.07. The molecule has 1 saturated heterocycles. The molecule has 1 aliphatic rings. The lowest BCUT2D eigenvalue weighted by molar-refractivity contribution is -0.136. The van der Waals surface area contributed by atoms with Gasteiger partial charge in [-0.2, -0.15) is 0 Å². The van der Waals surface area contributed by atoms with Crippen LogP contribution in [0.2, 0.25) is 0 Å². The third kappa shape index (κ3) is 3.71. The van der Waals surface area contributed by atoms with Gasteiger partial charge < -0.3 is 14.7 Å². The smallest absolute Gasteiger partial charge is 0.260 e. The lowest BCUT2D eigenvalue weighted by atomic mass is 10.1. The number of hydrogen-bond donors (Lipinski definition) is 1. The van der Waals surface area contributed by atoms with Gasteiger partial charge in [0.2, 0.25) is 0 Å². The molecule has 1 heterocycles. The number of ether oxygens (including phenoxy) is 1. The van der Waals surface area contributed by atoms with Crippen LogP contribution in [0.15, 0.2) is 28.7 Å². The number of halogens is 1. The standard InChI is InChI=1S/C13H16BrNO3/c14-10-3-5-12(6-4-10)18-9-13(17)15-7-1-2-11(16)8-15/h3-6,11,16H,1-2,7-9H2. The molecule has 0 saturated carbocycles. The number of hydrogen-bond acceptors (Lipinski definition) is 3. The summed E-state index contributed by atoms with van der Waals surface area (Å²) in [5.74, 6) is 0.598. The third-order valence-electron chi connectivity index (χ3n) is 2.93. The Morgan fingerprint density at radius 2 is 2.17 bits per heavy atom. The molecule has 0 bridgehead atoms. The van der Waals surface area contributed by atoms with Gasteiger partial charge in [0, 0.05) is 17.6 Å². The average Bonchev–Trinajstić information content (AvgIpc) is 2.38. The van der Waals surface area contributed by atoms with Crippen molar-refractivity contribution in [1.82, 2.24) is 4.90 Å². The van der Waals surface area contributed by atoms with Crippen molar-refractivity contribution in [1.29, 1.82) is 0 Å². The molecule has 0 aliphatic carbocycles.